The third kappa shape index (κ3) is 3.95. The summed E-state index contributed by atoms with van der Waals surface area (Å²) in [6.07, 6.45) is 1.50. The molecule has 1 fully saturated rings. The molecule has 2 aromatic heterocycles. The number of amides is 1. The lowest BCUT2D eigenvalue weighted by Crippen LogP contribution is -2.49. The number of halogens is 1. The Labute approximate surface area is 161 Å². The average Bonchev–Trinajstić information content (AvgIpc) is 3.22. The van der Waals surface area contributed by atoms with Gasteiger partial charge in [-0.15, -0.1) is 0 Å². The van der Waals surface area contributed by atoms with Crippen LogP contribution < -0.4 is 10.2 Å². The van der Waals surface area contributed by atoms with Gasteiger partial charge in [0.2, 0.25) is 5.95 Å². The predicted molar refractivity (Wildman–Crippen MR) is 103 cm³/mol. The Balaban J connectivity index is 1.45. The maximum absolute atomic E-state index is 13.4. The highest BCUT2D eigenvalue weighted by Crippen LogP contribution is 2.20. The number of carbonyl (C=O) groups is 1. The highest BCUT2D eigenvalue weighted by molar-refractivity contribution is 5.91. The minimum absolute atomic E-state index is 0.108. The number of carbonyl (C=O) groups excluding carboxylic acids is 1. The van der Waals surface area contributed by atoms with E-state index in [1.54, 1.807) is 29.2 Å². The molecule has 0 radical (unpaired) electrons. The number of furan rings is 1. The van der Waals surface area contributed by atoms with Crippen LogP contribution in [0, 0.1) is 12.7 Å². The molecule has 7 nitrogen and oxygen atoms in total. The van der Waals surface area contributed by atoms with Gasteiger partial charge in [-0.05, 0) is 37.3 Å². The molecule has 144 valence electrons. The molecule has 3 aromatic rings. The van der Waals surface area contributed by atoms with E-state index >= 15 is 0 Å². The molecule has 0 bridgehead atoms. The van der Waals surface area contributed by atoms with Crippen LogP contribution in [0.5, 0.6) is 0 Å². The molecule has 1 aliphatic heterocycles. The Morgan fingerprint density at radius 3 is 2.64 bits per heavy atom. The summed E-state index contributed by atoms with van der Waals surface area (Å²) >= 11 is 0. The van der Waals surface area contributed by atoms with Crippen LogP contribution in [0.3, 0.4) is 0 Å². The van der Waals surface area contributed by atoms with Gasteiger partial charge < -0.3 is 19.5 Å². The second kappa shape index (κ2) is 7.67. The summed E-state index contributed by atoms with van der Waals surface area (Å²) in [4.78, 5) is 25.3. The number of nitrogens with zero attached hydrogens (tertiary/aromatic N) is 4. The van der Waals surface area contributed by atoms with E-state index in [1.807, 2.05) is 17.9 Å². The van der Waals surface area contributed by atoms with E-state index in [2.05, 4.69) is 15.3 Å². The number of anilines is 3. The first-order chi connectivity index (χ1) is 13.6. The van der Waals surface area contributed by atoms with Crippen LogP contribution >= 0.6 is 0 Å². The zero-order chi connectivity index (χ0) is 19.5. The van der Waals surface area contributed by atoms with Crippen molar-refractivity contribution in [2.24, 2.45) is 0 Å². The van der Waals surface area contributed by atoms with Crippen molar-refractivity contribution in [1.29, 1.82) is 0 Å². The summed E-state index contributed by atoms with van der Waals surface area (Å²) < 4.78 is 18.6. The molecular weight excluding hydrogens is 361 g/mol. The molecule has 8 heteroatoms. The largest absolute Gasteiger partial charge is 0.459 e. The standard InChI is InChI=1S/C20H20FN5O2/c1-14-12-18(23-16-5-2-4-15(21)13-16)24-20(22-14)26-9-7-25(8-10-26)19(27)17-6-3-11-28-17/h2-6,11-13H,7-10H2,1H3,(H,22,23,24). The number of piperazine rings is 1. The lowest BCUT2D eigenvalue weighted by molar-refractivity contribution is 0.0714. The third-order valence-corrected chi connectivity index (χ3v) is 4.52. The topological polar surface area (TPSA) is 74.5 Å². The van der Waals surface area contributed by atoms with Crippen LogP contribution in [0.2, 0.25) is 0 Å². The van der Waals surface area contributed by atoms with Crippen molar-refractivity contribution in [3.63, 3.8) is 0 Å². The van der Waals surface area contributed by atoms with Crippen LogP contribution in [0.15, 0.2) is 53.1 Å². The molecule has 0 atom stereocenters. The SMILES string of the molecule is Cc1cc(Nc2cccc(F)c2)nc(N2CCN(C(=O)c3ccco3)CC2)n1. The Hall–Kier alpha value is -3.42. The molecule has 1 saturated heterocycles. The van der Waals surface area contributed by atoms with Crippen molar-refractivity contribution < 1.29 is 13.6 Å². The fraction of sp³-hybridized carbons (Fsp3) is 0.250. The highest BCUT2D eigenvalue weighted by Gasteiger charge is 2.25. The van der Waals surface area contributed by atoms with Gasteiger partial charge in [-0.2, -0.15) is 4.98 Å². The van der Waals surface area contributed by atoms with Gasteiger partial charge >= 0.3 is 0 Å². The quantitative estimate of drug-likeness (QED) is 0.748. The maximum Gasteiger partial charge on any atom is 0.289 e. The van der Waals surface area contributed by atoms with E-state index < -0.39 is 0 Å². The minimum Gasteiger partial charge on any atom is -0.459 e. The molecule has 0 saturated carbocycles. The second-order valence-corrected chi connectivity index (χ2v) is 6.59. The molecule has 4 rings (SSSR count). The van der Waals surface area contributed by atoms with E-state index in [1.165, 1.54) is 18.4 Å². The van der Waals surface area contributed by atoms with Crippen molar-refractivity contribution in [2.45, 2.75) is 6.92 Å². The monoisotopic (exact) mass is 381 g/mol. The van der Waals surface area contributed by atoms with Gasteiger partial charge in [0, 0.05) is 43.6 Å². The molecule has 1 aliphatic rings. The molecule has 0 unspecified atom stereocenters. The van der Waals surface area contributed by atoms with E-state index in [4.69, 9.17) is 4.42 Å². The number of aryl methyl sites for hydroxylation is 1. The Kier molecular flexibility index (Phi) is 4.92. The first-order valence-electron chi connectivity index (χ1n) is 9.04. The van der Waals surface area contributed by atoms with Crippen molar-refractivity contribution in [3.8, 4) is 0 Å². The van der Waals surface area contributed by atoms with Crippen LogP contribution in [0.1, 0.15) is 16.2 Å². The lowest BCUT2D eigenvalue weighted by Gasteiger charge is -2.34. The zero-order valence-electron chi connectivity index (χ0n) is 15.4. The van der Waals surface area contributed by atoms with Gasteiger partial charge in [-0.3, -0.25) is 4.79 Å². The van der Waals surface area contributed by atoms with Crippen molar-refractivity contribution >= 4 is 23.4 Å². The molecule has 3 heterocycles. The number of hydrogen-bond donors (Lipinski definition) is 1. The normalized spacial score (nSPS) is 14.2. The molecular formula is C20H20FN5O2. The van der Waals surface area contributed by atoms with Crippen molar-refractivity contribution in [3.05, 3.63) is 66.0 Å². The summed E-state index contributed by atoms with van der Waals surface area (Å²) in [6, 6.07) is 11.4. The summed E-state index contributed by atoms with van der Waals surface area (Å²) in [7, 11) is 0. The molecule has 1 amide bonds. The van der Waals surface area contributed by atoms with E-state index in [0.717, 1.165) is 5.69 Å². The fourth-order valence-corrected chi connectivity index (χ4v) is 3.14. The van der Waals surface area contributed by atoms with Crippen LogP contribution in [-0.4, -0.2) is 47.0 Å². The number of hydrogen-bond acceptors (Lipinski definition) is 6. The lowest BCUT2D eigenvalue weighted by atomic mass is 10.3. The number of rotatable bonds is 4. The molecule has 28 heavy (non-hydrogen) atoms. The number of benzene rings is 1. The molecule has 1 N–H and O–H groups in total. The maximum atomic E-state index is 13.4. The Morgan fingerprint density at radius 2 is 1.93 bits per heavy atom. The third-order valence-electron chi connectivity index (χ3n) is 4.52. The van der Waals surface area contributed by atoms with Crippen LogP contribution in [0.25, 0.3) is 0 Å². The van der Waals surface area contributed by atoms with E-state index in [9.17, 15) is 9.18 Å². The fourth-order valence-electron chi connectivity index (χ4n) is 3.14. The van der Waals surface area contributed by atoms with Gasteiger partial charge in [0.1, 0.15) is 11.6 Å². The summed E-state index contributed by atoms with van der Waals surface area (Å²) in [5, 5.41) is 3.12. The first-order valence-corrected chi connectivity index (χ1v) is 9.04. The summed E-state index contributed by atoms with van der Waals surface area (Å²) in [6.45, 7) is 4.25. The molecule has 1 aromatic carbocycles. The predicted octanol–water partition coefficient (Wildman–Crippen LogP) is 3.22. The zero-order valence-corrected chi connectivity index (χ0v) is 15.4. The average molecular weight is 381 g/mol. The van der Waals surface area contributed by atoms with E-state index in [-0.39, 0.29) is 11.7 Å². The van der Waals surface area contributed by atoms with E-state index in [0.29, 0.717) is 49.4 Å². The van der Waals surface area contributed by atoms with Gasteiger partial charge in [-0.1, -0.05) is 6.07 Å². The van der Waals surface area contributed by atoms with Gasteiger partial charge in [0.05, 0.1) is 6.26 Å². The summed E-state index contributed by atoms with van der Waals surface area (Å²) in [5.41, 5.74) is 1.43. The number of aromatic nitrogens is 2. The number of nitrogens with one attached hydrogen (secondary N) is 1. The summed E-state index contributed by atoms with van der Waals surface area (Å²) in [5.74, 6) is 1.12. The van der Waals surface area contributed by atoms with Crippen LogP contribution in [-0.2, 0) is 0 Å². The molecule has 0 spiro atoms. The van der Waals surface area contributed by atoms with Crippen molar-refractivity contribution in [2.75, 3.05) is 36.4 Å². The Bertz CT molecular complexity index is 968. The highest BCUT2D eigenvalue weighted by atomic mass is 19.1. The van der Waals surface area contributed by atoms with Crippen LogP contribution in [0.4, 0.5) is 21.8 Å². The van der Waals surface area contributed by atoms with Gasteiger partial charge in [0.25, 0.3) is 5.91 Å². The molecule has 0 aliphatic carbocycles. The van der Waals surface area contributed by atoms with Gasteiger partial charge in [0.15, 0.2) is 5.76 Å². The minimum atomic E-state index is -0.312. The Morgan fingerprint density at radius 1 is 1.11 bits per heavy atom. The van der Waals surface area contributed by atoms with Crippen molar-refractivity contribution in [1.82, 2.24) is 14.9 Å². The second-order valence-electron chi connectivity index (χ2n) is 6.59. The smallest absolute Gasteiger partial charge is 0.289 e. The van der Waals surface area contributed by atoms with Gasteiger partial charge in [-0.25, -0.2) is 9.37 Å². The first kappa shape index (κ1) is 18.0.